The Kier molecular flexibility index (Phi) is 9.24. The van der Waals surface area contributed by atoms with E-state index in [0.29, 0.717) is 49.9 Å². The van der Waals surface area contributed by atoms with E-state index >= 15 is 0 Å². The Morgan fingerprint density at radius 1 is 1.11 bits per heavy atom. The molecule has 8 nitrogen and oxygen atoms in total. The van der Waals surface area contributed by atoms with Crippen molar-refractivity contribution in [3.63, 3.8) is 0 Å². The van der Waals surface area contributed by atoms with Crippen molar-refractivity contribution < 1.29 is 14.3 Å². The Morgan fingerprint density at radius 2 is 1.83 bits per heavy atom. The van der Waals surface area contributed by atoms with E-state index in [1.165, 1.54) is 12.8 Å². The number of allylic oxidation sites excluding steroid dienone is 3. The van der Waals surface area contributed by atoms with Gasteiger partial charge in [-0.25, -0.2) is 14.8 Å². The first-order valence-electron chi connectivity index (χ1n) is 13.8. The van der Waals surface area contributed by atoms with Gasteiger partial charge in [-0.3, -0.25) is 4.90 Å². The Labute approximate surface area is 216 Å². The molecule has 36 heavy (non-hydrogen) atoms. The minimum atomic E-state index is -0.171. The van der Waals surface area contributed by atoms with E-state index in [0.717, 1.165) is 45.3 Å². The van der Waals surface area contributed by atoms with E-state index < -0.39 is 0 Å². The van der Waals surface area contributed by atoms with Crippen LogP contribution in [0, 0.1) is 5.41 Å². The Bertz CT molecular complexity index is 894. The van der Waals surface area contributed by atoms with Crippen molar-refractivity contribution in [1.82, 2.24) is 19.8 Å². The minimum absolute atomic E-state index is 0.0769. The highest BCUT2D eigenvalue weighted by Crippen LogP contribution is 2.50. The molecule has 1 aromatic heterocycles. The fraction of sp³-hybridized carbons (Fsp3) is 0.679. The molecule has 0 unspecified atom stereocenters. The zero-order valence-electron chi connectivity index (χ0n) is 22.3. The number of ether oxygens (including phenoxy) is 2. The van der Waals surface area contributed by atoms with Crippen molar-refractivity contribution >= 4 is 12.0 Å². The summed E-state index contributed by atoms with van der Waals surface area (Å²) in [5.41, 5.74) is 1.93. The molecule has 5 rings (SSSR count). The second-order valence-corrected chi connectivity index (χ2v) is 10.2. The lowest BCUT2D eigenvalue weighted by atomic mass is 9.61. The third kappa shape index (κ3) is 6.58. The van der Waals surface area contributed by atoms with E-state index in [-0.39, 0.29) is 12.2 Å². The number of rotatable bonds is 8. The maximum Gasteiger partial charge on any atom is 0.410 e. The number of aromatic nitrogens is 2. The number of carbonyl (C=O) groups is 1. The third-order valence-electron chi connectivity index (χ3n) is 7.44. The quantitative estimate of drug-likeness (QED) is 0.483. The number of unbranched alkanes of at least 4 members (excludes halogenated alkanes) is 1. The average molecular weight is 498 g/mol. The third-order valence-corrected chi connectivity index (χ3v) is 7.44. The first-order chi connectivity index (χ1) is 17.6. The van der Waals surface area contributed by atoms with Crippen LogP contribution in [0.5, 0.6) is 5.75 Å². The molecule has 0 atom stereocenters. The van der Waals surface area contributed by atoms with Gasteiger partial charge in [0, 0.05) is 51.2 Å². The molecular formula is C28H43N5O3. The largest absolute Gasteiger partial charge is 0.490 e. The predicted molar refractivity (Wildman–Crippen MR) is 142 cm³/mol. The molecule has 1 aromatic rings. The van der Waals surface area contributed by atoms with Gasteiger partial charge >= 0.3 is 6.09 Å². The van der Waals surface area contributed by atoms with Crippen LogP contribution >= 0.6 is 0 Å². The first-order valence-corrected chi connectivity index (χ1v) is 13.8. The summed E-state index contributed by atoms with van der Waals surface area (Å²) in [7, 11) is 0. The van der Waals surface area contributed by atoms with E-state index in [2.05, 4.69) is 44.9 Å². The molecule has 1 amide bonds. The molecular weight excluding hydrogens is 454 g/mol. The number of carbonyl (C=O) groups excluding carboxylic acids is 1. The highest BCUT2D eigenvalue weighted by atomic mass is 16.6. The van der Waals surface area contributed by atoms with Crippen LogP contribution in [-0.2, 0) is 4.74 Å². The maximum atomic E-state index is 12.7. The Morgan fingerprint density at radius 3 is 2.47 bits per heavy atom. The van der Waals surface area contributed by atoms with Crippen LogP contribution in [0.15, 0.2) is 36.2 Å². The molecule has 198 valence electrons. The number of likely N-dealkylation sites (tertiary alicyclic amines) is 1. The summed E-state index contributed by atoms with van der Waals surface area (Å²) in [6.07, 6.45) is 16.6. The smallest absolute Gasteiger partial charge is 0.410 e. The van der Waals surface area contributed by atoms with Gasteiger partial charge in [0.25, 0.3) is 0 Å². The summed E-state index contributed by atoms with van der Waals surface area (Å²) < 4.78 is 11.5. The van der Waals surface area contributed by atoms with Gasteiger partial charge in [0.15, 0.2) is 5.75 Å². The molecule has 3 fully saturated rings. The van der Waals surface area contributed by atoms with Crippen molar-refractivity contribution in [3.05, 3.63) is 36.2 Å². The Hall–Kier alpha value is -2.61. The van der Waals surface area contributed by atoms with Gasteiger partial charge in [0.1, 0.15) is 6.10 Å². The van der Waals surface area contributed by atoms with Gasteiger partial charge in [-0.15, -0.1) is 0 Å². The minimum Gasteiger partial charge on any atom is -0.490 e. The lowest BCUT2D eigenvalue weighted by molar-refractivity contribution is -0.130. The molecule has 4 aliphatic rings. The van der Waals surface area contributed by atoms with Crippen LogP contribution in [-0.4, -0.2) is 84.4 Å². The number of hydrogen-bond acceptors (Lipinski definition) is 7. The van der Waals surface area contributed by atoms with Gasteiger partial charge in [0.2, 0.25) is 5.95 Å². The molecule has 2 aliphatic carbocycles. The second kappa shape index (κ2) is 12.6. The zero-order chi connectivity index (χ0) is 25.4. The first kappa shape index (κ1) is 26.5. The lowest BCUT2D eigenvalue weighted by Crippen LogP contribution is -2.64. The van der Waals surface area contributed by atoms with Crippen molar-refractivity contribution in [2.24, 2.45) is 5.41 Å². The molecule has 0 N–H and O–H groups in total. The number of amides is 1. The summed E-state index contributed by atoms with van der Waals surface area (Å²) in [6.45, 7) is 12.9. The molecule has 2 saturated heterocycles. The molecule has 0 bridgehead atoms. The lowest BCUT2D eigenvalue weighted by Gasteiger charge is -2.58. The van der Waals surface area contributed by atoms with Crippen molar-refractivity contribution in [2.75, 3.05) is 57.3 Å². The van der Waals surface area contributed by atoms with Crippen LogP contribution in [0.3, 0.4) is 0 Å². The molecule has 0 radical (unpaired) electrons. The molecule has 8 heteroatoms. The fourth-order valence-corrected chi connectivity index (χ4v) is 5.52. The number of hydrogen-bond donors (Lipinski definition) is 0. The zero-order valence-corrected chi connectivity index (χ0v) is 22.3. The van der Waals surface area contributed by atoms with Crippen molar-refractivity contribution in [1.29, 1.82) is 0 Å². The maximum absolute atomic E-state index is 12.7. The van der Waals surface area contributed by atoms with Crippen LogP contribution in [0.1, 0.15) is 59.3 Å². The molecule has 3 heterocycles. The molecule has 0 aromatic carbocycles. The second-order valence-electron chi connectivity index (χ2n) is 10.2. The highest BCUT2D eigenvalue weighted by molar-refractivity contribution is 5.68. The van der Waals surface area contributed by atoms with Gasteiger partial charge < -0.3 is 19.3 Å². The van der Waals surface area contributed by atoms with Crippen molar-refractivity contribution in [2.45, 2.75) is 65.4 Å². The summed E-state index contributed by atoms with van der Waals surface area (Å²) >= 11 is 0. The standard InChI is InChI=1S/C26H37N5O3.C2H6/c1-2-3-13-33-23-16-27-24(28-17-23)30-9-11-31(12-10-30)25(32)34-22-14-26(15-22)19-29(20-26)18-21-7-5-4-6-8-21;1-2/h4-5,7,16-17,22H,2-3,6,8-15,18-20H2,1H3;1-2H3. The molecule has 1 spiro atoms. The monoisotopic (exact) mass is 497 g/mol. The van der Waals surface area contributed by atoms with E-state index in [9.17, 15) is 4.79 Å². The summed E-state index contributed by atoms with van der Waals surface area (Å²) in [5, 5.41) is 0. The average Bonchev–Trinajstić information content (AvgIpc) is 2.88. The SMILES string of the molecule is CC.CCCCOc1cnc(N2CCN(C(=O)OC3CC4(C3)CN(CC3=CC=CCC3)C4)CC2)nc1. The van der Waals surface area contributed by atoms with Crippen LogP contribution < -0.4 is 9.64 Å². The van der Waals surface area contributed by atoms with Crippen LogP contribution in [0.25, 0.3) is 0 Å². The normalized spacial score (nSPS) is 21.1. The Balaban J connectivity index is 0.00000148. The van der Waals surface area contributed by atoms with Gasteiger partial charge in [0.05, 0.1) is 19.0 Å². The van der Waals surface area contributed by atoms with Gasteiger partial charge in [-0.1, -0.05) is 51.0 Å². The van der Waals surface area contributed by atoms with Crippen LogP contribution in [0.4, 0.5) is 10.7 Å². The van der Waals surface area contributed by atoms with E-state index in [1.807, 2.05) is 18.7 Å². The summed E-state index contributed by atoms with van der Waals surface area (Å²) in [6, 6.07) is 0. The van der Waals surface area contributed by atoms with Crippen LogP contribution in [0.2, 0.25) is 0 Å². The highest BCUT2D eigenvalue weighted by Gasteiger charge is 2.53. The number of piperazine rings is 1. The van der Waals surface area contributed by atoms with Gasteiger partial charge in [-0.2, -0.15) is 0 Å². The molecule has 2 aliphatic heterocycles. The molecule has 1 saturated carbocycles. The van der Waals surface area contributed by atoms with E-state index in [4.69, 9.17) is 9.47 Å². The predicted octanol–water partition coefficient (Wildman–Crippen LogP) is 4.68. The number of anilines is 1. The van der Waals surface area contributed by atoms with Crippen molar-refractivity contribution in [3.8, 4) is 5.75 Å². The number of nitrogens with zero attached hydrogens (tertiary/aromatic N) is 5. The summed E-state index contributed by atoms with van der Waals surface area (Å²) in [5.74, 6) is 1.39. The topological polar surface area (TPSA) is 71.0 Å². The summed E-state index contributed by atoms with van der Waals surface area (Å²) in [4.78, 5) is 28.0. The fourth-order valence-electron chi connectivity index (χ4n) is 5.52. The van der Waals surface area contributed by atoms with Gasteiger partial charge in [-0.05, 0) is 32.1 Å². The van der Waals surface area contributed by atoms with E-state index in [1.54, 1.807) is 18.0 Å².